The van der Waals surface area contributed by atoms with Crippen molar-refractivity contribution in [1.29, 1.82) is 0 Å². The molecule has 0 radical (unpaired) electrons. The molecule has 0 aliphatic rings. The summed E-state index contributed by atoms with van der Waals surface area (Å²) in [5.74, 6) is -0.581. The molecule has 0 bridgehead atoms. The fourth-order valence-electron chi connectivity index (χ4n) is 2.03. The van der Waals surface area contributed by atoms with Crippen molar-refractivity contribution in [1.82, 2.24) is 0 Å². The molecule has 21 heavy (non-hydrogen) atoms. The van der Waals surface area contributed by atoms with Crippen LogP contribution in [-0.4, -0.2) is 19.5 Å². The Balaban J connectivity index is 2.05. The van der Waals surface area contributed by atoms with Gasteiger partial charge in [-0.1, -0.05) is 18.2 Å². The minimum atomic E-state index is -0.354. The molecule has 0 aliphatic carbocycles. The number of nitrogen functional groups attached to an aromatic ring is 1. The van der Waals surface area contributed by atoms with Crippen molar-refractivity contribution in [3.63, 3.8) is 0 Å². The Labute approximate surface area is 123 Å². The number of rotatable bonds is 4. The molecule has 0 unspecified atom stereocenters. The lowest BCUT2D eigenvalue weighted by Crippen LogP contribution is -2.30. The molecular formula is C16H18FN3O. The number of likely N-dealkylation sites (N-methyl/N-ethyl adjacent to an activating group) is 1. The second-order valence-corrected chi connectivity index (χ2v) is 4.93. The van der Waals surface area contributed by atoms with E-state index in [0.29, 0.717) is 17.1 Å². The van der Waals surface area contributed by atoms with E-state index in [2.05, 4.69) is 5.32 Å². The van der Waals surface area contributed by atoms with Gasteiger partial charge in [0, 0.05) is 18.4 Å². The zero-order valence-electron chi connectivity index (χ0n) is 12.1. The average molecular weight is 287 g/mol. The first-order chi connectivity index (χ1) is 9.97. The van der Waals surface area contributed by atoms with Gasteiger partial charge in [0.1, 0.15) is 5.82 Å². The van der Waals surface area contributed by atoms with E-state index in [4.69, 9.17) is 5.73 Å². The summed E-state index contributed by atoms with van der Waals surface area (Å²) in [6.45, 7) is 1.94. The number of nitrogens with two attached hydrogens (primary N) is 1. The lowest BCUT2D eigenvalue weighted by molar-refractivity contribution is -0.114. The Morgan fingerprint density at radius 3 is 2.71 bits per heavy atom. The minimum absolute atomic E-state index is 0.0508. The highest BCUT2D eigenvalue weighted by molar-refractivity contribution is 5.95. The molecule has 0 saturated heterocycles. The summed E-state index contributed by atoms with van der Waals surface area (Å²) >= 11 is 0. The van der Waals surface area contributed by atoms with Gasteiger partial charge in [-0.15, -0.1) is 0 Å². The summed E-state index contributed by atoms with van der Waals surface area (Å²) < 4.78 is 13.6. The van der Waals surface area contributed by atoms with Crippen LogP contribution in [0.4, 0.5) is 21.5 Å². The van der Waals surface area contributed by atoms with Gasteiger partial charge in [-0.25, -0.2) is 4.39 Å². The quantitative estimate of drug-likeness (QED) is 0.850. The van der Waals surface area contributed by atoms with Gasteiger partial charge >= 0.3 is 0 Å². The molecule has 5 heteroatoms. The van der Waals surface area contributed by atoms with E-state index in [9.17, 15) is 9.18 Å². The number of hydrogen-bond acceptors (Lipinski definition) is 3. The lowest BCUT2D eigenvalue weighted by Gasteiger charge is -2.19. The number of amides is 1. The van der Waals surface area contributed by atoms with Crippen molar-refractivity contribution in [2.24, 2.45) is 0 Å². The SMILES string of the molecule is Cc1ccc(N)cc1NC(=O)CN(C)c1ccccc1F. The molecule has 1 amide bonds. The maximum atomic E-state index is 13.6. The molecule has 0 atom stereocenters. The number of para-hydroxylation sites is 1. The number of aryl methyl sites for hydroxylation is 1. The van der Waals surface area contributed by atoms with E-state index in [1.807, 2.05) is 13.0 Å². The van der Waals surface area contributed by atoms with Gasteiger partial charge in [-0.3, -0.25) is 4.79 Å². The van der Waals surface area contributed by atoms with Crippen LogP contribution in [0.15, 0.2) is 42.5 Å². The smallest absolute Gasteiger partial charge is 0.243 e. The van der Waals surface area contributed by atoms with Gasteiger partial charge in [0.2, 0.25) is 5.91 Å². The molecule has 0 heterocycles. The minimum Gasteiger partial charge on any atom is -0.399 e. The van der Waals surface area contributed by atoms with Crippen LogP contribution < -0.4 is 16.0 Å². The molecule has 0 saturated carbocycles. The number of anilines is 3. The predicted molar refractivity (Wildman–Crippen MR) is 83.9 cm³/mol. The number of benzene rings is 2. The average Bonchev–Trinajstić information content (AvgIpc) is 2.43. The van der Waals surface area contributed by atoms with Gasteiger partial charge in [0.05, 0.1) is 12.2 Å². The van der Waals surface area contributed by atoms with Crippen LogP contribution in [0.3, 0.4) is 0 Å². The van der Waals surface area contributed by atoms with Crippen LogP contribution in [0.25, 0.3) is 0 Å². The Hall–Kier alpha value is -2.56. The first-order valence-electron chi connectivity index (χ1n) is 6.59. The second-order valence-electron chi connectivity index (χ2n) is 4.93. The molecule has 2 aromatic carbocycles. The zero-order valence-corrected chi connectivity index (χ0v) is 12.1. The number of carbonyl (C=O) groups excluding carboxylic acids is 1. The normalized spacial score (nSPS) is 10.2. The monoisotopic (exact) mass is 287 g/mol. The highest BCUT2D eigenvalue weighted by Gasteiger charge is 2.12. The van der Waals surface area contributed by atoms with E-state index < -0.39 is 0 Å². The van der Waals surface area contributed by atoms with Gasteiger partial charge in [-0.05, 0) is 36.8 Å². The number of nitrogens with one attached hydrogen (secondary N) is 1. The van der Waals surface area contributed by atoms with Crippen LogP contribution in [-0.2, 0) is 4.79 Å². The number of carbonyl (C=O) groups is 1. The Kier molecular flexibility index (Phi) is 4.42. The van der Waals surface area contributed by atoms with E-state index in [-0.39, 0.29) is 18.3 Å². The van der Waals surface area contributed by atoms with E-state index in [0.717, 1.165) is 5.56 Å². The van der Waals surface area contributed by atoms with Crippen molar-refractivity contribution in [3.8, 4) is 0 Å². The largest absolute Gasteiger partial charge is 0.399 e. The van der Waals surface area contributed by atoms with Crippen molar-refractivity contribution >= 4 is 23.0 Å². The standard InChI is InChI=1S/C16H18FN3O/c1-11-7-8-12(18)9-14(11)19-16(21)10-20(2)15-6-4-3-5-13(15)17/h3-9H,10,18H2,1-2H3,(H,19,21). The maximum absolute atomic E-state index is 13.6. The summed E-state index contributed by atoms with van der Waals surface area (Å²) in [7, 11) is 1.67. The molecule has 110 valence electrons. The van der Waals surface area contributed by atoms with Crippen LogP contribution in [0, 0.1) is 12.7 Å². The zero-order chi connectivity index (χ0) is 15.4. The third kappa shape index (κ3) is 3.72. The van der Waals surface area contributed by atoms with Gasteiger partial charge in [0.15, 0.2) is 0 Å². The number of hydrogen-bond donors (Lipinski definition) is 2. The fraction of sp³-hybridized carbons (Fsp3) is 0.188. The number of nitrogens with zero attached hydrogens (tertiary/aromatic N) is 1. The Bertz CT molecular complexity index is 658. The highest BCUT2D eigenvalue weighted by atomic mass is 19.1. The number of halogens is 1. The van der Waals surface area contributed by atoms with Gasteiger partial charge in [-0.2, -0.15) is 0 Å². The molecular weight excluding hydrogens is 269 g/mol. The van der Waals surface area contributed by atoms with Crippen LogP contribution in [0.5, 0.6) is 0 Å². The van der Waals surface area contributed by atoms with E-state index in [1.165, 1.54) is 6.07 Å². The predicted octanol–water partition coefficient (Wildman–Crippen LogP) is 2.79. The summed E-state index contributed by atoms with van der Waals surface area (Å²) in [5, 5.41) is 2.79. The molecule has 0 aromatic heterocycles. The van der Waals surface area contributed by atoms with Gasteiger partial charge in [0.25, 0.3) is 0 Å². The fourth-order valence-corrected chi connectivity index (χ4v) is 2.03. The third-order valence-corrected chi connectivity index (χ3v) is 3.18. The molecule has 4 nitrogen and oxygen atoms in total. The summed E-state index contributed by atoms with van der Waals surface area (Å²) in [6.07, 6.45) is 0. The molecule has 2 rings (SSSR count). The summed E-state index contributed by atoms with van der Waals surface area (Å²) in [6, 6.07) is 11.7. The van der Waals surface area contributed by atoms with Crippen molar-refractivity contribution < 1.29 is 9.18 Å². The van der Waals surface area contributed by atoms with Crippen LogP contribution in [0.2, 0.25) is 0 Å². The Morgan fingerprint density at radius 1 is 1.29 bits per heavy atom. The molecule has 0 aliphatic heterocycles. The maximum Gasteiger partial charge on any atom is 0.243 e. The third-order valence-electron chi connectivity index (χ3n) is 3.18. The molecule has 0 fully saturated rings. The molecule has 0 spiro atoms. The van der Waals surface area contributed by atoms with Crippen molar-refractivity contribution in [3.05, 3.63) is 53.8 Å². The van der Waals surface area contributed by atoms with E-state index in [1.54, 1.807) is 42.3 Å². The summed E-state index contributed by atoms with van der Waals surface area (Å²) in [5.41, 5.74) is 8.26. The van der Waals surface area contributed by atoms with Gasteiger partial charge < -0.3 is 16.0 Å². The summed E-state index contributed by atoms with van der Waals surface area (Å²) in [4.78, 5) is 13.6. The van der Waals surface area contributed by atoms with Crippen molar-refractivity contribution in [2.45, 2.75) is 6.92 Å². The first-order valence-corrected chi connectivity index (χ1v) is 6.59. The molecule has 2 aromatic rings. The molecule has 3 N–H and O–H groups in total. The lowest BCUT2D eigenvalue weighted by atomic mass is 10.2. The van der Waals surface area contributed by atoms with Crippen molar-refractivity contribution in [2.75, 3.05) is 29.5 Å². The van der Waals surface area contributed by atoms with Crippen LogP contribution >= 0.6 is 0 Å². The first kappa shape index (κ1) is 14.8. The second kappa shape index (κ2) is 6.26. The highest BCUT2D eigenvalue weighted by Crippen LogP contribution is 2.19. The van der Waals surface area contributed by atoms with Crippen LogP contribution in [0.1, 0.15) is 5.56 Å². The Morgan fingerprint density at radius 2 is 2.00 bits per heavy atom. The topological polar surface area (TPSA) is 58.4 Å². The van der Waals surface area contributed by atoms with E-state index >= 15 is 0 Å².